The van der Waals surface area contributed by atoms with E-state index in [0.717, 1.165) is 13.1 Å². The largest absolute Gasteiger partial charge is 0.465 e. The fourth-order valence-electron chi connectivity index (χ4n) is 1.92. The summed E-state index contributed by atoms with van der Waals surface area (Å²) < 4.78 is 10.1. The van der Waals surface area contributed by atoms with Crippen molar-refractivity contribution in [3.63, 3.8) is 0 Å². The first-order valence-corrected chi connectivity index (χ1v) is 6.14. The van der Waals surface area contributed by atoms with Gasteiger partial charge in [-0.15, -0.1) is 0 Å². The number of hydrogen-bond acceptors (Lipinski definition) is 5. The molecule has 0 aromatic heterocycles. The average molecular weight is 258 g/mol. The molecule has 0 aromatic rings. The van der Waals surface area contributed by atoms with E-state index in [-0.39, 0.29) is 6.61 Å². The summed E-state index contributed by atoms with van der Waals surface area (Å²) >= 11 is 0. The van der Waals surface area contributed by atoms with E-state index >= 15 is 0 Å². The summed E-state index contributed by atoms with van der Waals surface area (Å²) in [6, 6.07) is 0. The minimum atomic E-state index is -0.538. The maximum Gasteiger partial charge on any atom is 0.408 e. The van der Waals surface area contributed by atoms with E-state index < -0.39 is 17.2 Å². The van der Waals surface area contributed by atoms with Gasteiger partial charge in [-0.05, 0) is 46.7 Å². The standard InChI is InChI=1S/C12H22N2O4/c1-11(2,3)18-10(16)14-12(8-17-9-15)4-6-13-7-5-12/h9,13H,4-8H2,1-3H3,(H,14,16). The van der Waals surface area contributed by atoms with Crippen molar-refractivity contribution in [2.45, 2.75) is 44.8 Å². The summed E-state index contributed by atoms with van der Waals surface area (Å²) in [6.45, 7) is 7.56. The minimum Gasteiger partial charge on any atom is -0.465 e. The molecule has 1 rings (SSSR count). The number of alkyl carbamates (subject to hydrolysis) is 1. The second-order valence-electron chi connectivity index (χ2n) is 5.56. The zero-order valence-corrected chi connectivity index (χ0v) is 11.2. The van der Waals surface area contributed by atoms with E-state index in [4.69, 9.17) is 9.47 Å². The van der Waals surface area contributed by atoms with Gasteiger partial charge in [-0.2, -0.15) is 0 Å². The number of piperidine rings is 1. The zero-order valence-electron chi connectivity index (χ0n) is 11.2. The quantitative estimate of drug-likeness (QED) is 0.730. The lowest BCUT2D eigenvalue weighted by Gasteiger charge is -2.37. The van der Waals surface area contributed by atoms with Crippen LogP contribution in [0.15, 0.2) is 0 Å². The van der Waals surface area contributed by atoms with Gasteiger partial charge in [-0.1, -0.05) is 0 Å². The number of hydrogen-bond donors (Lipinski definition) is 2. The molecule has 0 aromatic carbocycles. The Balaban J connectivity index is 2.60. The number of carbonyl (C=O) groups excluding carboxylic acids is 2. The highest BCUT2D eigenvalue weighted by Crippen LogP contribution is 2.19. The first kappa shape index (κ1) is 14.8. The normalized spacial score (nSPS) is 18.8. The smallest absolute Gasteiger partial charge is 0.408 e. The van der Waals surface area contributed by atoms with Gasteiger partial charge in [-0.25, -0.2) is 4.79 Å². The SMILES string of the molecule is CC(C)(C)OC(=O)NC1(COC=O)CCNCC1. The predicted molar refractivity (Wildman–Crippen MR) is 66.2 cm³/mol. The van der Waals surface area contributed by atoms with Gasteiger partial charge in [0.1, 0.15) is 12.2 Å². The second kappa shape index (κ2) is 6.04. The van der Waals surface area contributed by atoms with Crippen LogP contribution in [-0.4, -0.2) is 43.4 Å². The molecule has 0 unspecified atom stereocenters. The molecule has 18 heavy (non-hydrogen) atoms. The second-order valence-corrected chi connectivity index (χ2v) is 5.56. The molecule has 1 amide bonds. The van der Waals surface area contributed by atoms with Crippen molar-refractivity contribution in [1.29, 1.82) is 0 Å². The Hall–Kier alpha value is -1.30. The van der Waals surface area contributed by atoms with Crippen LogP contribution in [0, 0.1) is 0 Å². The van der Waals surface area contributed by atoms with Crippen LogP contribution in [0.5, 0.6) is 0 Å². The van der Waals surface area contributed by atoms with E-state index in [1.54, 1.807) is 0 Å². The molecular weight excluding hydrogens is 236 g/mol. The average Bonchev–Trinajstić information content (AvgIpc) is 2.25. The third-order valence-electron chi connectivity index (χ3n) is 2.75. The lowest BCUT2D eigenvalue weighted by atomic mass is 9.89. The molecule has 0 atom stereocenters. The minimum absolute atomic E-state index is 0.178. The number of ether oxygens (including phenoxy) is 2. The van der Waals surface area contributed by atoms with Crippen molar-refractivity contribution in [2.75, 3.05) is 19.7 Å². The number of rotatable bonds is 4. The molecule has 0 bridgehead atoms. The van der Waals surface area contributed by atoms with Crippen LogP contribution >= 0.6 is 0 Å². The Kier molecular flexibility index (Phi) is 4.95. The van der Waals surface area contributed by atoms with E-state index in [0.29, 0.717) is 19.3 Å². The molecule has 0 spiro atoms. The van der Waals surface area contributed by atoms with Gasteiger partial charge >= 0.3 is 6.09 Å². The van der Waals surface area contributed by atoms with Crippen LogP contribution in [0.2, 0.25) is 0 Å². The van der Waals surface area contributed by atoms with Crippen LogP contribution in [-0.2, 0) is 14.3 Å². The summed E-state index contributed by atoms with van der Waals surface area (Å²) in [4.78, 5) is 22.1. The lowest BCUT2D eigenvalue weighted by Crippen LogP contribution is -2.58. The molecule has 0 saturated carbocycles. The van der Waals surface area contributed by atoms with Crippen molar-refractivity contribution in [3.8, 4) is 0 Å². The summed E-state index contributed by atoms with van der Waals surface area (Å²) in [6.07, 6.45) is 0.944. The van der Waals surface area contributed by atoms with Crippen LogP contribution in [0.4, 0.5) is 4.79 Å². The molecule has 1 aliphatic heterocycles. The first-order chi connectivity index (χ1) is 8.37. The van der Waals surface area contributed by atoms with Crippen molar-refractivity contribution >= 4 is 12.6 Å². The highest BCUT2D eigenvalue weighted by atomic mass is 16.6. The summed E-state index contributed by atoms with van der Waals surface area (Å²) in [5.74, 6) is 0. The van der Waals surface area contributed by atoms with Crippen LogP contribution in [0.25, 0.3) is 0 Å². The summed E-state index contributed by atoms with van der Waals surface area (Å²) in [5, 5.41) is 6.04. The van der Waals surface area contributed by atoms with Crippen LogP contribution in [0.3, 0.4) is 0 Å². The Labute approximate surface area is 107 Å². The molecule has 0 radical (unpaired) electrons. The van der Waals surface area contributed by atoms with Crippen LogP contribution < -0.4 is 10.6 Å². The van der Waals surface area contributed by atoms with Gasteiger partial charge in [-0.3, -0.25) is 4.79 Å². The third-order valence-corrected chi connectivity index (χ3v) is 2.75. The number of amides is 1. The molecule has 1 aliphatic rings. The van der Waals surface area contributed by atoms with Crippen LogP contribution in [0.1, 0.15) is 33.6 Å². The Morgan fingerprint density at radius 3 is 2.50 bits per heavy atom. The van der Waals surface area contributed by atoms with Gasteiger partial charge in [0.2, 0.25) is 0 Å². The molecule has 6 nitrogen and oxygen atoms in total. The summed E-state index contributed by atoms with van der Waals surface area (Å²) in [7, 11) is 0. The maximum absolute atomic E-state index is 11.8. The monoisotopic (exact) mass is 258 g/mol. The molecule has 1 fully saturated rings. The molecule has 104 valence electrons. The Bertz CT molecular complexity index is 293. The molecule has 1 saturated heterocycles. The lowest BCUT2D eigenvalue weighted by molar-refractivity contribution is -0.131. The van der Waals surface area contributed by atoms with Crippen molar-refractivity contribution in [1.82, 2.24) is 10.6 Å². The van der Waals surface area contributed by atoms with E-state index in [2.05, 4.69) is 10.6 Å². The molecule has 6 heteroatoms. The molecular formula is C12H22N2O4. The highest BCUT2D eigenvalue weighted by Gasteiger charge is 2.35. The Morgan fingerprint density at radius 2 is 2.00 bits per heavy atom. The maximum atomic E-state index is 11.8. The molecule has 2 N–H and O–H groups in total. The molecule has 1 heterocycles. The van der Waals surface area contributed by atoms with Gasteiger partial charge in [0, 0.05) is 0 Å². The van der Waals surface area contributed by atoms with E-state index in [1.165, 1.54) is 0 Å². The van der Waals surface area contributed by atoms with Gasteiger partial charge < -0.3 is 20.1 Å². The zero-order chi connectivity index (χ0) is 13.6. The molecule has 0 aliphatic carbocycles. The van der Waals surface area contributed by atoms with E-state index in [9.17, 15) is 9.59 Å². The number of carbonyl (C=O) groups is 2. The number of nitrogens with one attached hydrogen (secondary N) is 2. The van der Waals surface area contributed by atoms with Gasteiger partial charge in [0.05, 0.1) is 5.54 Å². The Morgan fingerprint density at radius 1 is 1.39 bits per heavy atom. The van der Waals surface area contributed by atoms with Crippen molar-refractivity contribution in [2.24, 2.45) is 0 Å². The summed E-state index contributed by atoms with van der Waals surface area (Å²) in [5.41, 5.74) is -1.06. The third kappa shape index (κ3) is 4.91. The predicted octanol–water partition coefficient (Wildman–Crippen LogP) is 0.806. The van der Waals surface area contributed by atoms with E-state index in [1.807, 2.05) is 20.8 Å². The van der Waals surface area contributed by atoms with Crippen molar-refractivity contribution < 1.29 is 19.1 Å². The topological polar surface area (TPSA) is 76.7 Å². The van der Waals surface area contributed by atoms with Gasteiger partial charge in [0.25, 0.3) is 6.47 Å². The highest BCUT2D eigenvalue weighted by molar-refractivity contribution is 5.69. The van der Waals surface area contributed by atoms with Gasteiger partial charge in [0.15, 0.2) is 0 Å². The van der Waals surface area contributed by atoms with Crippen molar-refractivity contribution in [3.05, 3.63) is 0 Å². The fourth-order valence-corrected chi connectivity index (χ4v) is 1.92. The fraction of sp³-hybridized carbons (Fsp3) is 0.833. The first-order valence-electron chi connectivity index (χ1n) is 6.14.